The summed E-state index contributed by atoms with van der Waals surface area (Å²) in [4.78, 5) is 29.1. The maximum absolute atomic E-state index is 12.1. The van der Waals surface area contributed by atoms with E-state index in [0.717, 1.165) is 24.3 Å². The van der Waals surface area contributed by atoms with Gasteiger partial charge in [0.15, 0.2) is 0 Å². The number of hydrogen-bond donors (Lipinski definition) is 2. The number of carbonyl (C=O) groups is 1. The van der Waals surface area contributed by atoms with Crippen LogP contribution in [-0.4, -0.2) is 28.4 Å². The summed E-state index contributed by atoms with van der Waals surface area (Å²) in [5.41, 5.74) is 1.84. The Morgan fingerprint density at radius 2 is 2.11 bits per heavy atom. The molecule has 0 spiro atoms. The van der Waals surface area contributed by atoms with Crippen molar-refractivity contribution in [2.24, 2.45) is 0 Å². The van der Waals surface area contributed by atoms with Gasteiger partial charge in [0.05, 0.1) is 15.6 Å². The zero-order valence-electron chi connectivity index (χ0n) is 15.6. The third-order valence-corrected chi connectivity index (χ3v) is 5.64. The molecule has 3 rings (SSSR count). The van der Waals surface area contributed by atoms with E-state index in [0.29, 0.717) is 12.2 Å². The van der Waals surface area contributed by atoms with Gasteiger partial charge >= 0.3 is 0 Å². The highest BCUT2D eigenvalue weighted by molar-refractivity contribution is 7.11. The lowest BCUT2D eigenvalue weighted by Gasteiger charge is -2.10. The van der Waals surface area contributed by atoms with Crippen LogP contribution in [0.3, 0.4) is 0 Å². The third kappa shape index (κ3) is 4.82. The minimum absolute atomic E-state index is 0.0292. The van der Waals surface area contributed by atoms with Gasteiger partial charge in [0.25, 0.3) is 11.6 Å². The molecule has 27 heavy (non-hydrogen) atoms. The average molecular weight is 388 g/mol. The van der Waals surface area contributed by atoms with Crippen molar-refractivity contribution in [2.75, 3.05) is 11.9 Å². The van der Waals surface area contributed by atoms with Crippen molar-refractivity contribution >= 4 is 28.6 Å². The first-order chi connectivity index (χ1) is 12.9. The zero-order valence-corrected chi connectivity index (χ0v) is 16.4. The number of aromatic nitrogens is 1. The van der Waals surface area contributed by atoms with Crippen molar-refractivity contribution < 1.29 is 9.72 Å². The minimum atomic E-state index is -0.462. The van der Waals surface area contributed by atoms with Crippen LogP contribution in [0, 0.1) is 10.1 Å². The van der Waals surface area contributed by atoms with Gasteiger partial charge in [0.2, 0.25) is 0 Å². The van der Waals surface area contributed by atoms with E-state index in [-0.39, 0.29) is 23.2 Å². The largest absolute Gasteiger partial charge is 0.379 e. The number of nitrogens with zero attached hydrogens (tertiary/aromatic N) is 2. The van der Waals surface area contributed by atoms with E-state index in [9.17, 15) is 14.9 Å². The average Bonchev–Trinajstić information content (AvgIpc) is 3.03. The molecular weight excluding hydrogens is 364 g/mol. The van der Waals surface area contributed by atoms with Crippen LogP contribution in [0.5, 0.6) is 0 Å². The molecule has 0 saturated heterocycles. The molecular formula is C19H24N4O3S. The van der Waals surface area contributed by atoms with Gasteiger partial charge in [-0.15, -0.1) is 11.3 Å². The topological polar surface area (TPSA) is 97.2 Å². The molecule has 0 atom stereocenters. The highest BCUT2D eigenvalue weighted by Gasteiger charge is 2.19. The summed E-state index contributed by atoms with van der Waals surface area (Å²) < 4.78 is 0. The summed E-state index contributed by atoms with van der Waals surface area (Å²) >= 11 is 1.76. The van der Waals surface area contributed by atoms with Crippen LogP contribution in [0.1, 0.15) is 52.6 Å². The summed E-state index contributed by atoms with van der Waals surface area (Å²) in [6, 6.07) is 4.50. The molecule has 0 fully saturated rings. The second kappa shape index (κ2) is 8.47. The Kier molecular flexibility index (Phi) is 6.05. The summed E-state index contributed by atoms with van der Waals surface area (Å²) in [5, 5.41) is 18.4. The molecule has 7 nitrogen and oxygen atoms in total. The van der Waals surface area contributed by atoms with Gasteiger partial charge in [0.1, 0.15) is 5.69 Å². The molecule has 0 unspecified atom stereocenters. The van der Waals surface area contributed by atoms with E-state index < -0.39 is 4.92 Å². The molecule has 1 aromatic carbocycles. The molecule has 1 aliphatic carbocycles. The molecule has 8 heteroatoms. The summed E-state index contributed by atoms with van der Waals surface area (Å²) in [6.07, 6.45) is 5.34. The molecule has 1 amide bonds. The highest BCUT2D eigenvalue weighted by Crippen LogP contribution is 2.28. The van der Waals surface area contributed by atoms with Crippen LogP contribution < -0.4 is 10.6 Å². The van der Waals surface area contributed by atoms with Crippen LogP contribution in [0.25, 0.3) is 0 Å². The fourth-order valence-corrected chi connectivity index (χ4v) is 4.29. The SMILES string of the molecule is CC(C)NC(=O)c1ccc(NCCc2nc3c(s2)CCCC3)c([N+](=O)[O-])c1. The Labute approximate surface area is 162 Å². The van der Waals surface area contributed by atoms with Crippen molar-refractivity contribution in [3.63, 3.8) is 0 Å². The maximum atomic E-state index is 12.1. The molecule has 2 N–H and O–H groups in total. The van der Waals surface area contributed by atoms with Gasteiger partial charge in [0, 0.05) is 35.5 Å². The number of aryl methyl sites for hydroxylation is 2. The number of nitro benzene ring substituents is 1. The Morgan fingerprint density at radius 3 is 2.81 bits per heavy atom. The number of benzene rings is 1. The number of anilines is 1. The summed E-state index contributed by atoms with van der Waals surface area (Å²) in [7, 11) is 0. The number of nitro groups is 1. The van der Waals surface area contributed by atoms with Crippen molar-refractivity contribution in [2.45, 2.75) is 52.0 Å². The van der Waals surface area contributed by atoms with Crippen molar-refractivity contribution in [1.82, 2.24) is 10.3 Å². The van der Waals surface area contributed by atoms with Crippen molar-refractivity contribution in [3.05, 3.63) is 49.5 Å². The minimum Gasteiger partial charge on any atom is -0.379 e. The molecule has 1 aliphatic rings. The maximum Gasteiger partial charge on any atom is 0.293 e. The van der Waals surface area contributed by atoms with Gasteiger partial charge in [-0.1, -0.05) is 0 Å². The number of carbonyl (C=O) groups excluding carboxylic acids is 1. The standard InChI is InChI=1S/C19H24N4O3S/c1-12(2)21-19(24)13-7-8-14(16(11-13)23(25)26)20-10-9-18-22-15-5-3-4-6-17(15)27-18/h7-8,11-12,20H,3-6,9-10H2,1-2H3,(H,21,24). The van der Waals surface area contributed by atoms with E-state index >= 15 is 0 Å². The van der Waals surface area contributed by atoms with Crippen LogP contribution >= 0.6 is 11.3 Å². The van der Waals surface area contributed by atoms with Crippen LogP contribution in [-0.2, 0) is 19.3 Å². The smallest absolute Gasteiger partial charge is 0.293 e. The molecule has 1 aromatic heterocycles. The van der Waals surface area contributed by atoms with Crippen LogP contribution in [0.2, 0.25) is 0 Å². The highest BCUT2D eigenvalue weighted by atomic mass is 32.1. The first-order valence-electron chi connectivity index (χ1n) is 9.24. The van der Waals surface area contributed by atoms with E-state index in [4.69, 9.17) is 4.98 Å². The number of hydrogen-bond acceptors (Lipinski definition) is 6. The van der Waals surface area contributed by atoms with Crippen LogP contribution in [0.15, 0.2) is 18.2 Å². The van der Waals surface area contributed by atoms with Gasteiger partial charge < -0.3 is 10.6 Å². The van der Waals surface area contributed by atoms with Gasteiger partial charge in [-0.05, 0) is 51.7 Å². The fourth-order valence-electron chi connectivity index (χ4n) is 3.14. The number of rotatable bonds is 7. The van der Waals surface area contributed by atoms with Gasteiger partial charge in [-0.3, -0.25) is 14.9 Å². The summed E-state index contributed by atoms with van der Waals surface area (Å²) in [5.74, 6) is -0.312. The zero-order chi connectivity index (χ0) is 19.4. The third-order valence-electron chi connectivity index (χ3n) is 4.42. The number of nitrogens with one attached hydrogen (secondary N) is 2. The van der Waals surface area contributed by atoms with Gasteiger partial charge in [-0.2, -0.15) is 0 Å². The number of thiazole rings is 1. The summed E-state index contributed by atoms with van der Waals surface area (Å²) in [6.45, 7) is 4.25. The monoisotopic (exact) mass is 388 g/mol. The molecule has 2 aromatic rings. The van der Waals surface area contributed by atoms with E-state index in [1.807, 2.05) is 13.8 Å². The van der Waals surface area contributed by atoms with Crippen molar-refractivity contribution in [1.29, 1.82) is 0 Å². The van der Waals surface area contributed by atoms with E-state index in [2.05, 4.69) is 10.6 Å². The molecule has 0 radical (unpaired) electrons. The predicted molar refractivity (Wildman–Crippen MR) is 107 cm³/mol. The molecule has 144 valence electrons. The predicted octanol–water partition coefficient (Wildman–Crippen LogP) is 3.72. The quantitative estimate of drug-likeness (QED) is 0.556. The van der Waals surface area contributed by atoms with Crippen LogP contribution in [0.4, 0.5) is 11.4 Å². The Balaban J connectivity index is 1.66. The second-order valence-corrected chi connectivity index (χ2v) is 8.15. The second-order valence-electron chi connectivity index (χ2n) is 6.98. The first-order valence-corrected chi connectivity index (χ1v) is 10.1. The Bertz CT molecular complexity index is 824. The lowest BCUT2D eigenvalue weighted by Crippen LogP contribution is -2.30. The number of amides is 1. The molecule has 0 aliphatic heterocycles. The van der Waals surface area contributed by atoms with E-state index in [1.54, 1.807) is 23.5 Å². The normalized spacial score (nSPS) is 13.3. The Hall–Kier alpha value is -2.48. The van der Waals surface area contributed by atoms with Crippen molar-refractivity contribution in [3.8, 4) is 0 Å². The molecule has 1 heterocycles. The van der Waals surface area contributed by atoms with E-state index in [1.165, 1.54) is 29.5 Å². The fraction of sp³-hybridized carbons (Fsp3) is 0.474. The number of fused-ring (bicyclic) bond motifs is 1. The van der Waals surface area contributed by atoms with Gasteiger partial charge in [-0.25, -0.2) is 4.98 Å². The molecule has 0 bridgehead atoms. The first kappa shape index (κ1) is 19.3. The molecule has 0 saturated carbocycles. The Morgan fingerprint density at radius 1 is 1.33 bits per heavy atom. The lowest BCUT2D eigenvalue weighted by molar-refractivity contribution is -0.384. The lowest BCUT2D eigenvalue weighted by atomic mass is 10.0.